The summed E-state index contributed by atoms with van der Waals surface area (Å²) in [6.07, 6.45) is 0. The Morgan fingerprint density at radius 1 is 1.45 bits per heavy atom. The molecule has 0 amide bonds. The summed E-state index contributed by atoms with van der Waals surface area (Å²) >= 11 is 4.98. The highest BCUT2D eigenvalue weighted by molar-refractivity contribution is 9.10. The number of hydrogen-bond donors (Lipinski definition) is 0. The van der Waals surface area contributed by atoms with Crippen LogP contribution in [0, 0.1) is 13.8 Å². The predicted octanol–water partition coefficient (Wildman–Crippen LogP) is 3.33. The number of aryl methyl sites for hydroxylation is 1. The van der Waals surface area contributed by atoms with Crippen molar-refractivity contribution in [1.29, 1.82) is 0 Å². The third-order valence-corrected chi connectivity index (χ3v) is 4.31. The molecule has 1 nitrogen and oxygen atoms in total. The van der Waals surface area contributed by atoms with Crippen LogP contribution in [-0.4, -0.2) is 5.78 Å². The average Bonchev–Trinajstić information content (AvgIpc) is 2.17. The minimum atomic E-state index is 0.154. The first-order chi connectivity index (χ1) is 5.04. The first kappa shape index (κ1) is 8.94. The highest BCUT2D eigenvalue weighted by atomic mass is 79.9. The van der Waals surface area contributed by atoms with Crippen LogP contribution in [0.4, 0.5) is 0 Å². The van der Waals surface area contributed by atoms with Crippen molar-refractivity contribution in [3.05, 3.63) is 19.8 Å². The second-order valence-electron chi connectivity index (χ2n) is 2.48. The van der Waals surface area contributed by atoms with Gasteiger partial charge in [-0.05, 0) is 42.3 Å². The molecule has 60 valence electrons. The Hall–Kier alpha value is -0.150. The molecule has 0 saturated carbocycles. The number of rotatable bonds is 1. The highest BCUT2D eigenvalue weighted by Gasteiger charge is 2.12. The molecule has 0 bridgehead atoms. The van der Waals surface area contributed by atoms with E-state index in [9.17, 15) is 4.79 Å². The van der Waals surface area contributed by atoms with Crippen molar-refractivity contribution in [2.45, 2.75) is 20.8 Å². The van der Waals surface area contributed by atoms with Gasteiger partial charge in [0, 0.05) is 9.35 Å². The molecule has 0 aliphatic carbocycles. The van der Waals surface area contributed by atoms with Gasteiger partial charge >= 0.3 is 0 Å². The monoisotopic (exact) mass is 232 g/mol. The average molecular weight is 233 g/mol. The Labute approximate surface area is 78.6 Å². The fraction of sp³-hybridized carbons (Fsp3) is 0.375. The third kappa shape index (κ3) is 1.54. The van der Waals surface area contributed by atoms with E-state index in [-0.39, 0.29) is 5.78 Å². The van der Waals surface area contributed by atoms with Crippen LogP contribution in [0.5, 0.6) is 0 Å². The molecule has 1 aromatic heterocycles. The number of ketones is 1. The van der Waals surface area contributed by atoms with Gasteiger partial charge in [-0.15, -0.1) is 11.3 Å². The molecule has 0 aliphatic heterocycles. The lowest BCUT2D eigenvalue weighted by molar-refractivity contribution is 0.102. The lowest BCUT2D eigenvalue weighted by Crippen LogP contribution is -1.88. The molecule has 1 rings (SSSR count). The van der Waals surface area contributed by atoms with Gasteiger partial charge in [-0.2, -0.15) is 0 Å². The topological polar surface area (TPSA) is 17.1 Å². The first-order valence-corrected chi connectivity index (χ1v) is 4.91. The van der Waals surface area contributed by atoms with Gasteiger partial charge in [-0.25, -0.2) is 0 Å². The van der Waals surface area contributed by atoms with Crippen LogP contribution in [0.15, 0.2) is 4.47 Å². The Kier molecular flexibility index (Phi) is 2.50. The SMILES string of the molecule is CC(=O)c1sc(C)c(Br)c1C. The maximum Gasteiger partial charge on any atom is 0.170 e. The molecule has 3 heteroatoms. The molecule has 0 aromatic carbocycles. The van der Waals surface area contributed by atoms with Gasteiger partial charge in [-0.1, -0.05) is 0 Å². The summed E-state index contributed by atoms with van der Waals surface area (Å²) in [6, 6.07) is 0. The highest BCUT2D eigenvalue weighted by Crippen LogP contribution is 2.31. The second-order valence-corrected chi connectivity index (χ2v) is 4.50. The van der Waals surface area contributed by atoms with Crippen LogP contribution in [0.2, 0.25) is 0 Å². The quantitative estimate of drug-likeness (QED) is 0.680. The summed E-state index contributed by atoms with van der Waals surface area (Å²) < 4.78 is 1.08. The summed E-state index contributed by atoms with van der Waals surface area (Å²) in [5.74, 6) is 0.154. The number of halogens is 1. The number of hydrogen-bond acceptors (Lipinski definition) is 2. The zero-order valence-corrected chi connectivity index (χ0v) is 9.10. The van der Waals surface area contributed by atoms with E-state index in [1.807, 2.05) is 13.8 Å². The van der Waals surface area contributed by atoms with E-state index in [0.717, 1.165) is 14.9 Å². The molecular formula is C8H9BrOS. The number of thiophene rings is 1. The number of Topliss-reactive ketones (excluding diaryl/α,β-unsaturated/α-hetero) is 1. The number of carbonyl (C=O) groups excluding carboxylic acids is 1. The summed E-state index contributed by atoms with van der Waals surface area (Å²) in [6.45, 7) is 5.57. The van der Waals surface area contributed by atoms with Crippen LogP contribution in [0.25, 0.3) is 0 Å². The van der Waals surface area contributed by atoms with Crippen molar-refractivity contribution in [1.82, 2.24) is 0 Å². The summed E-state index contributed by atoms with van der Waals surface area (Å²) in [4.78, 5) is 13.1. The van der Waals surface area contributed by atoms with Gasteiger partial charge in [0.1, 0.15) is 0 Å². The summed E-state index contributed by atoms with van der Waals surface area (Å²) in [5, 5.41) is 0. The van der Waals surface area contributed by atoms with E-state index in [1.54, 1.807) is 18.3 Å². The van der Waals surface area contributed by atoms with Crippen LogP contribution < -0.4 is 0 Å². The van der Waals surface area contributed by atoms with E-state index in [1.165, 1.54) is 4.88 Å². The first-order valence-electron chi connectivity index (χ1n) is 3.30. The molecule has 11 heavy (non-hydrogen) atoms. The largest absolute Gasteiger partial charge is 0.294 e. The van der Waals surface area contributed by atoms with E-state index in [4.69, 9.17) is 0 Å². The van der Waals surface area contributed by atoms with Crippen LogP contribution >= 0.6 is 27.3 Å². The van der Waals surface area contributed by atoms with E-state index in [2.05, 4.69) is 15.9 Å². The van der Waals surface area contributed by atoms with Crippen LogP contribution in [-0.2, 0) is 0 Å². The zero-order chi connectivity index (χ0) is 8.59. The Bertz CT molecular complexity index is 301. The normalized spacial score (nSPS) is 10.2. The van der Waals surface area contributed by atoms with Gasteiger partial charge < -0.3 is 0 Å². The Morgan fingerprint density at radius 2 is 2.00 bits per heavy atom. The van der Waals surface area contributed by atoms with E-state index < -0.39 is 0 Å². The number of carbonyl (C=O) groups is 1. The van der Waals surface area contributed by atoms with Gasteiger partial charge in [-0.3, -0.25) is 4.79 Å². The molecule has 0 aliphatic rings. The molecule has 0 unspecified atom stereocenters. The fourth-order valence-electron chi connectivity index (χ4n) is 0.974. The minimum absolute atomic E-state index is 0.154. The lowest BCUT2D eigenvalue weighted by atomic mass is 10.2. The van der Waals surface area contributed by atoms with Gasteiger partial charge in [0.05, 0.1) is 4.88 Å². The maximum atomic E-state index is 11.0. The fourth-order valence-corrected chi connectivity index (χ4v) is 2.49. The molecular weight excluding hydrogens is 224 g/mol. The molecule has 1 heterocycles. The smallest absolute Gasteiger partial charge is 0.170 e. The minimum Gasteiger partial charge on any atom is -0.294 e. The van der Waals surface area contributed by atoms with Crippen molar-refractivity contribution in [2.75, 3.05) is 0 Å². The Morgan fingerprint density at radius 3 is 2.18 bits per heavy atom. The molecule has 0 fully saturated rings. The standard InChI is InChI=1S/C8H9BrOS/c1-4-7(9)6(3)11-8(4)5(2)10/h1-3H3. The molecule has 1 aromatic rings. The molecule has 0 radical (unpaired) electrons. The third-order valence-electron chi connectivity index (χ3n) is 1.55. The molecule has 0 atom stereocenters. The molecule has 0 saturated heterocycles. The second kappa shape index (κ2) is 3.07. The van der Waals surface area contributed by atoms with E-state index >= 15 is 0 Å². The summed E-state index contributed by atoms with van der Waals surface area (Å²) in [7, 11) is 0. The van der Waals surface area contributed by atoms with Crippen molar-refractivity contribution in [2.24, 2.45) is 0 Å². The van der Waals surface area contributed by atoms with E-state index in [0.29, 0.717) is 0 Å². The van der Waals surface area contributed by atoms with Crippen LogP contribution in [0.1, 0.15) is 27.0 Å². The predicted molar refractivity (Wildman–Crippen MR) is 51.5 cm³/mol. The van der Waals surface area contributed by atoms with Crippen LogP contribution in [0.3, 0.4) is 0 Å². The summed E-state index contributed by atoms with van der Waals surface area (Å²) in [5.41, 5.74) is 1.07. The van der Waals surface area contributed by atoms with Gasteiger partial charge in [0.25, 0.3) is 0 Å². The Balaban J connectivity index is 3.29. The zero-order valence-electron chi connectivity index (χ0n) is 6.69. The van der Waals surface area contributed by atoms with Crippen molar-refractivity contribution < 1.29 is 4.79 Å². The molecule has 0 spiro atoms. The maximum absolute atomic E-state index is 11.0. The molecule has 0 N–H and O–H groups in total. The lowest BCUT2D eigenvalue weighted by Gasteiger charge is -1.90. The van der Waals surface area contributed by atoms with Crippen molar-refractivity contribution in [3.8, 4) is 0 Å². The van der Waals surface area contributed by atoms with Crippen molar-refractivity contribution in [3.63, 3.8) is 0 Å². The van der Waals surface area contributed by atoms with Gasteiger partial charge in [0.15, 0.2) is 5.78 Å². The van der Waals surface area contributed by atoms with Gasteiger partial charge in [0.2, 0.25) is 0 Å². The van der Waals surface area contributed by atoms with Crippen molar-refractivity contribution >= 4 is 33.0 Å².